The number of benzene rings is 2. The Labute approximate surface area is 166 Å². The van der Waals surface area contributed by atoms with E-state index in [0.717, 1.165) is 18.2 Å². The van der Waals surface area contributed by atoms with Gasteiger partial charge in [-0.2, -0.15) is 13.2 Å². The van der Waals surface area contributed by atoms with Crippen LogP contribution in [0.1, 0.15) is 16.7 Å². The van der Waals surface area contributed by atoms with Crippen LogP contribution in [0.25, 0.3) is 6.08 Å². The number of methoxy groups -OCH3 is 1. The minimum atomic E-state index is -4.49. The molecule has 0 unspecified atom stereocenters. The molecule has 0 heterocycles. The van der Waals surface area contributed by atoms with Crippen LogP contribution >= 0.6 is 0 Å². The number of sulfonamides is 1. The van der Waals surface area contributed by atoms with Crippen molar-refractivity contribution in [2.24, 2.45) is 0 Å². The fraction of sp³-hybridized carbons (Fsp3) is 0.211. The number of alkyl halides is 3. The summed E-state index contributed by atoms with van der Waals surface area (Å²) in [4.78, 5) is 11.7. The highest BCUT2D eigenvalue weighted by Gasteiger charge is 2.30. The summed E-state index contributed by atoms with van der Waals surface area (Å²) in [7, 11) is -1.20. The van der Waals surface area contributed by atoms with Crippen molar-refractivity contribution in [2.75, 3.05) is 14.2 Å². The zero-order valence-electron chi connectivity index (χ0n) is 15.5. The highest BCUT2D eigenvalue weighted by molar-refractivity contribution is 7.89. The number of nitrogens with one attached hydrogen (secondary N) is 1. The van der Waals surface area contributed by atoms with Crippen molar-refractivity contribution < 1.29 is 35.9 Å². The van der Waals surface area contributed by atoms with Gasteiger partial charge in [-0.05, 0) is 48.5 Å². The molecule has 0 bridgehead atoms. The Balaban J connectivity index is 2.09. The Hall–Kier alpha value is -2.85. The molecule has 0 spiro atoms. The van der Waals surface area contributed by atoms with Gasteiger partial charge in [-0.1, -0.05) is 18.2 Å². The van der Waals surface area contributed by atoms with Gasteiger partial charge >= 0.3 is 12.1 Å². The van der Waals surface area contributed by atoms with Crippen LogP contribution in [-0.2, 0) is 32.3 Å². The molecule has 0 aliphatic rings. The maximum Gasteiger partial charge on any atom is 0.416 e. The number of carbonyl (C=O) groups excluding carboxylic acids is 1. The fourth-order valence-electron chi connectivity index (χ4n) is 2.32. The van der Waals surface area contributed by atoms with E-state index >= 15 is 0 Å². The molecule has 0 fully saturated rings. The minimum Gasteiger partial charge on any atom is -0.495 e. The van der Waals surface area contributed by atoms with E-state index in [1.165, 1.54) is 50.6 Å². The van der Waals surface area contributed by atoms with Crippen molar-refractivity contribution in [1.82, 2.24) is 4.72 Å². The number of hydrogen-bond donors (Lipinski definition) is 1. The quantitative estimate of drug-likeness (QED) is 0.539. The lowest BCUT2D eigenvalue weighted by Crippen LogP contribution is -2.19. The third-order valence-corrected chi connectivity index (χ3v) is 5.23. The first kappa shape index (κ1) is 22.4. The van der Waals surface area contributed by atoms with E-state index in [2.05, 4.69) is 4.72 Å². The molecule has 0 aromatic heterocycles. The number of hydrogen-bond acceptors (Lipinski definition) is 5. The molecular weight excluding hydrogens is 411 g/mol. The maximum absolute atomic E-state index is 12.7. The second-order valence-corrected chi connectivity index (χ2v) is 7.61. The summed E-state index contributed by atoms with van der Waals surface area (Å²) < 4.78 is 74.3. The van der Waals surface area contributed by atoms with Gasteiger partial charge in [0.15, 0.2) is 0 Å². The molecule has 0 amide bonds. The molecule has 29 heavy (non-hydrogen) atoms. The molecule has 0 radical (unpaired) electrons. The van der Waals surface area contributed by atoms with Gasteiger partial charge in [0.2, 0.25) is 10.0 Å². The van der Waals surface area contributed by atoms with Crippen LogP contribution in [0, 0.1) is 0 Å². The van der Waals surface area contributed by atoms with Crippen LogP contribution in [0.5, 0.6) is 5.75 Å². The van der Waals surface area contributed by atoms with Gasteiger partial charge in [-0.25, -0.2) is 17.9 Å². The van der Waals surface area contributed by atoms with E-state index in [4.69, 9.17) is 9.47 Å². The topological polar surface area (TPSA) is 81.7 Å². The van der Waals surface area contributed by atoms with Gasteiger partial charge in [-0.15, -0.1) is 0 Å². The summed E-state index contributed by atoms with van der Waals surface area (Å²) in [6.07, 6.45) is -2.12. The fourth-order valence-corrected chi connectivity index (χ4v) is 3.25. The maximum atomic E-state index is 12.7. The summed E-state index contributed by atoms with van der Waals surface area (Å²) in [5, 5.41) is 0. The molecule has 0 aliphatic heterocycles. The van der Waals surface area contributed by atoms with Crippen molar-refractivity contribution in [3.05, 3.63) is 65.2 Å². The molecule has 0 saturated heterocycles. The Bertz CT molecular complexity index is 1020. The molecule has 2 aromatic rings. The first-order valence-electron chi connectivity index (χ1n) is 8.19. The van der Waals surface area contributed by atoms with Gasteiger partial charge in [0.1, 0.15) is 17.3 Å². The predicted molar refractivity (Wildman–Crippen MR) is 99.5 cm³/mol. The number of rotatable bonds is 7. The third kappa shape index (κ3) is 6.06. The van der Waals surface area contributed by atoms with Crippen LogP contribution in [0.3, 0.4) is 0 Å². The average Bonchev–Trinajstić information content (AvgIpc) is 2.70. The summed E-state index contributed by atoms with van der Waals surface area (Å²) in [6, 6.07) is 8.72. The van der Waals surface area contributed by atoms with Crippen molar-refractivity contribution in [1.29, 1.82) is 0 Å². The van der Waals surface area contributed by atoms with Crippen molar-refractivity contribution in [2.45, 2.75) is 17.7 Å². The van der Waals surface area contributed by atoms with Crippen LogP contribution in [0.15, 0.2) is 53.4 Å². The summed E-state index contributed by atoms with van der Waals surface area (Å²) in [5.74, 6) is -0.667. The molecule has 0 atom stereocenters. The molecule has 0 saturated carbocycles. The first-order chi connectivity index (χ1) is 13.6. The molecule has 2 aromatic carbocycles. The van der Waals surface area contributed by atoms with E-state index in [1.807, 2.05) is 0 Å². The lowest BCUT2D eigenvalue weighted by atomic mass is 10.1. The van der Waals surface area contributed by atoms with Crippen LogP contribution in [-0.4, -0.2) is 28.5 Å². The van der Waals surface area contributed by atoms with Gasteiger partial charge < -0.3 is 9.47 Å². The number of esters is 1. The Morgan fingerprint density at radius 1 is 1.17 bits per heavy atom. The average molecular weight is 429 g/mol. The Kier molecular flexibility index (Phi) is 7.04. The van der Waals surface area contributed by atoms with E-state index in [-0.39, 0.29) is 22.8 Å². The van der Waals surface area contributed by atoms with E-state index in [1.54, 1.807) is 0 Å². The second kappa shape index (κ2) is 9.10. The first-order valence-corrected chi connectivity index (χ1v) is 9.67. The van der Waals surface area contributed by atoms with Crippen LogP contribution < -0.4 is 9.46 Å². The monoisotopic (exact) mass is 429 g/mol. The number of carbonyl (C=O) groups is 1. The highest BCUT2D eigenvalue weighted by Crippen LogP contribution is 2.29. The molecule has 6 nitrogen and oxygen atoms in total. The number of halogens is 3. The van der Waals surface area contributed by atoms with E-state index in [9.17, 15) is 26.4 Å². The van der Waals surface area contributed by atoms with E-state index < -0.39 is 27.7 Å². The normalized spacial score (nSPS) is 12.2. The Morgan fingerprint density at radius 2 is 1.90 bits per heavy atom. The van der Waals surface area contributed by atoms with Crippen molar-refractivity contribution in [3.8, 4) is 5.75 Å². The minimum absolute atomic E-state index is 0.109. The zero-order chi connectivity index (χ0) is 21.7. The number of ether oxygens (including phenoxy) is 2. The molecule has 1 N–H and O–H groups in total. The molecule has 2 rings (SSSR count). The van der Waals surface area contributed by atoms with Crippen LogP contribution in [0.4, 0.5) is 13.2 Å². The van der Waals surface area contributed by atoms with Crippen molar-refractivity contribution in [3.63, 3.8) is 0 Å². The van der Waals surface area contributed by atoms with Gasteiger partial charge in [0.25, 0.3) is 0 Å². The lowest BCUT2D eigenvalue weighted by molar-refractivity contribution is -0.138. The Morgan fingerprint density at radius 3 is 2.52 bits per heavy atom. The zero-order valence-corrected chi connectivity index (χ0v) is 16.3. The predicted octanol–water partition coefficient (Wildman–Crippen LogP) is 3.38. The lowest BCUT2D eigenvalue weighted by Gasteiger charge is -2.09. The molecular formula is C19H18F3NO5S. The van der Waals surface area contributed by atoms with Gasteiger partial charge in [-0.3, -0.25) is 0 Å². The van der Waals surface area contributed by atoms with Gasteiger partial charge in [0.05, 0.1) is 12.7 Å². The summed E-state index contributed by atoms with van der Waals surface area (Å²) >= 11 is 0. The second-order valence-electron chi connectivity index (χ2n) is 5.76. The SMILES string of the molecule is CNS(=O)(=O)c1cc(/C=C/C(=O)OCc2cccc(C(F)(F)F)c2)ccc1OC. The summed E-state index contributed by atoms with van der Waals surface area (Å²) in [5.41, 5.74) is -0.262. The molecule has 10 heteroatoms. The highest BCUT2D eigenvalue weighted by atomic mass is 32.2. The van der Waals surface area contributed by atoms with Crippen LogP contribution in [0.2, 0.25) is 0 Å². The summed E-state index contributed by atoms with van der Waals surface area (Å²) in [6.45, 7) is -0.338. The smallest absolute Gasteiger partial charge is 0.416 e. The van der Waals surface area contributed by atoms with Crippen molar-refractivity contribution >= 4 is 22.1 Å². The standard InChI is InChI=1S/C19H18F3NO5S/c1-23-29(25,26)17-11-13(6-8-16(17)27-2)7-9-18(24)28-12-14-4-3-5-15(10-14)19(20,21)22/h3-11,23H,12H2,1-2H3/b9-7+. The third-order valence-electron chi connectivity index (χ3n) is 3.79. The molecule has 0 aliphatic carbocycles. The molecule has 156 valence electrons. The largest absolute Gasteiger partial charge is 0.495 e. The van der Waals surface area contributed by atoms with E-state index in [0.29, 0.717) is 5.56 Å². The van der Waals surface area contributed by atoms with Gasteiger partial charge in [0, 0.05) is 6.08 Å².